The van der Waals surface area contributed by atoms with Crippen molar-refractivity contribution >= 4 is 6.03 Å². The fourth-order valence-electron chi connectivity index (χ4n) is 2.16. The third-order valence-corrected chi connectivity index (χ3v) is 2.86. The van der Waals surface area contributed by atoms with E-state index in [9.17, 15) is 4.79 Å². The first kappa shape index (κ1) is 10.8. The zero-order valence-electron chi connectivity index (χ0n) is 9.76. The van der Waals surface area contributed by atoms with Gasteiger partial charge in [-0.05, 0) is 30.5 Å². The second-order valence-electron chi connectivity index (χ2n) is 4.09. The SMILES string of the molecule is COc1c(C)cc(C2CNC(=O)N2)cc1C. The molecule has 2 amide bonds. The first-order valence-corrected chi connectivity index (χ1v) is 5.31. The lowest BCUT2D eigenvalue weighted by Gasteiger charge is -2.14. The average molecular weight is 220 g/mol. The van der Waals surface area contributed by atoms with Gasteiger partial charge in [0.05, 0.1) is 13.2 Å². The van der Waals surface area contributed by atoms with Gasteiger partial charge in [0, 0.05) is 6.54 Å². The van der Waals surface area contributed by atoms with Crippen molar-refractivity contribution in [3.63, 3.8) is 0 Å². The van der Waals surface area contributed by atoms with Gasteiger partial charge in [-0.25, -0.2) is 4.79 Å². The van der Waals surface area contributed by atoms with Crippen molar-refractivity contribution < 1.29 is 9.53 Å². The van der Waals surface area contributed by atoms with Crippen LogP contribution >= 0.6 is 0 Å². The molecular formula is C12H16N2O2. The molecule has 1 aliphatic rings. The van der Waals surface area contributed by atoms with E-state index in [1.807, 2.05) is 13.8 Å². The molecule has 1 atom stereocenters. The number of amides is 2. The van der Waals surface area contributed by atoms with Crippen LogP contribution in [0.4, 0.5) is 4.79 Å². The van der Waals surface area contributed by atoms with E-state index in [2.05, 4.69) is 22.8 Å². The number of carbonyl (C=O) groups excluding carboxylic acids is 1. The summed E-state index contributed by atoms with van der Waals surface area (Å²) >= 11 is 0. The Morgan fingerprint density at radius 3 is 2.38 bits per heavy atom. The molecule has 1 aliphatic heterocycles. The third-order valence-electron chi connectivity index (χ3n) is 2.86. The number of benzene rings is 1. The molecule has 1 unspecified atom stereocenters. The maximum atomic E-state index is 11.1. The Labute approximate surface area is 95.0 Å². The van der Waals surface area contributed by atoms with E-state index < -0.39 is 0 Å². The Morgan fingerprint density at radius 1 is 1.31 bits per heavy atom. The highest BCUT2D eigenvalue weighted by Gasteiger charge is 2.22. The van der Waals surface area contributed by atoms with E-state index in [1.54, 1.807) is 7.11 Å². The normalized spacial score (nSPS) is 19.2. The maximum absolute atomic E-state index is 11.1. The second kappa shape index (κ2) is 4.04. The van der Waals surface area contributed by atoms with Crippen molar-refractivity contribution in [1.29, 1.82) is 0 Å². The lowest BCUT2D eigenvalue weighted by atomic mass is 10.0. The molecule has 4 heteroatoms. The smallest absolute Gasteiger partial charge is 0.315 e. The van der Waals surface area contributed by atoms with Crippen molar-refractivity contribution in [3.8, 4) is 5.75 Å². The second-order valence-corrected chi connectivity index (χ2v) is 4.09. The first-order chi connectivity index (χ1) is 7.61. The van der Waals surface area contributed by atoms with Crippen LogP contribution in [-0.2, 0) is 0 Å². The number of aryl methyl sites for hydroxylation is 2. The minimum Gasteiger partial charge on any atom is -0.496 e. The summed E-state index contributed by atoms with van der Waals surface area (Å²) in [5.74, 6) is 0.918. The number of nitrogens with one attached hydrogen (secondary N) is 2. The molecule has 0 spiro atoms. The van der Waals surface area contributed by atoms with E-state index >= 15 is 0 Å². The molecule has 1 saturated heterocycles. The monoisotopic (exact) mass is 220 g/mol. The zero-order valence-corrected chi connectivity index (χ0v) is 9.76. The number of hydrogen-bond acceptors (Lipinski definition) is 2. The van der Waals surface area contributed by atoms with Crippen LogP contribution in [0.5, 0.6) is 5.75 Å². The first-order valence-electron chi connectivity index (χ1n) is 5.31. The third kappa shape index (κ3) is 1.83. The van der Waals surface area contributed by atoms with Gasteiger partial charge in [0.2, 0.25) is 0 Å². The Morgan fingerprint density at radius 2 is 1.94 bits per heavy atom. The summed E-state index contributed by atoms with van der Waals surface area (Å²) in [7, 11) is 1.67. The van der Waals surface area contributed by atoms with Gasteiger partial charge in [-0.3, -0.25) is 0 Å². The van der Waals surface area contributed by atoms with Gasteiger partial charge in [-0.2, -0.15) is 0 Å². The molecule has 0 saturated carbocycles. The predicted molar refractivity (Wildman–Crippen MR) is 61.7 cm³/mol. The van der Waals surface area contributed by atoms with Crippen LogP contribution in [0.25, 0.3) is 0 Å². The lowest BCUT2D eigenvalue weighted by Crippen LogP contribution is -2.21. The zero-order chi connectivity index (χ0) is 11.7. The largest absolute Gasteiger partial charge is 0.496 e. The van der Waals surface area contributed by atoms with Crippen molar-refractivity contribution in [1.82, 2.24) is 10.6 Å². The molecule has 0 aromatic heterocycles. The van der Waals surface area contributed by atoms with Gasteiger partial charge in [0.1, 0.15) is 5.75 Å². The van der Waals surface area contributed by atoms with Crippen LogP contribution in [0.1, 0.15) is 22.7 Å². The summed E-state index contributed by atoms with van der Waals surface area (Å²) in [4.78, 5) is 11.1. The van der Waals surface area contributed by atoms with Crippen LogP contribution < -0.4 is 15.4 Å². The molecule has 2 rings (SSSR count). The molecule has 1 aromatic rings. The molecule has 1 aromatic carbocycles. The minimum absolute atomic E-state index is 0.0656. The Balaban J connectivity index is 2.33. The van der Waals surface area contributed by atoms with E-state index in [4.69, 9.17) is 4.74 Å². The molecule has 0 aliphatic carbocycles. The van der Waals surface area contributed by atoms with Gasteiger partial charge in [-0.1, -0.05) is 12.1 Å². The van der Waals surface area contributed by atoms with E-state index in [1.165, 1.54) is 0 Å². The molecule has 1 fully saturated rings. The van der Waals surface area contributed by atoms with Gasteiger partial charge in [0.15, 0.2) is 0 Å². The Kier molecular flexibility index (Phi) is 2.73. The van der Waals surface area contributed by atoms with Crippen molar-refractivity contribution in [3.05, 3.63) is 28.8 Å². The molecule has 86 valence electrons. The summed E-state index contributed by atoms with van der Waals surface area (Å²) in [6, 6.07) is 4.08. The van der Waals surface area contributed by atoms with E-state index in [0.29, 0.717) is 6.54 Å². The molecule has 0 bridgehead atoms. The summed E-state index contributed by atoms with van der Waals surface area (Å²) in [6.07, 6.45) is 0. The summed E-state index contributed by atoms with van der Waals surface area (Å²) in [5.41, 5.74) is 3.31. The number of methoxy groups -OCH3 is 1. The maximum Gasteiger partial charge on any atom is 0.315 e. The van der Waals surface area contributed by atoms with Crippen molar-refractivity contribution in [2.75, 3.05) is 13.7 Å². The van der Waals surface area contributed by atoms with Crippen molar-refractivity contribution in [2.24, 2.45) is 0 Å². The number of urea groups is 1. The predicted octanol–water partition coefficient (Wildman–Crippen LogP) is 1.67. The number of hydrogen-bond donors (Lipinski definition) is 2. The minimum atomic E-state index is -0.101. The summed E-state index contributed by atoms with van der Waals surface area (Å²) < 4.78 is 5.31. The van der Waals surface area contributed by atoms with Gasteiger partial charge in [-0.15, -0.1) is 0 Å². The van der Waals surface area contributed by atoms with Crippen LogP contribution in [0.2, 0.25) is 0 Å². The van der Waals surface area contributed by atoms with Gasteiger partial charge >= 0.3 is 6.03 Å². The quantitative estimate of drug-likeness (QED) is 0.796. The average Bonchev–Trinajstić information content (AvgIpc) is 2.64. The van der Waals surface area contributed by atoms with Crippen LogP contribution in [0.3, 0.4) is 0 Å². The molecule has 1 heterocycles. The fraction of sp³-hybridized carbons (Fsp3) is 0.417. The van der Waals surface area contributed by atoms with Crippen molar-refractivity contribution in [2.45, 2.75) is 19.9 Å². The molecule has 0 radical (unpaired) electrons. The van der Waals surface area contributed by atoms with E-state index in [0.717, 1.165) is 22.4 Å². The molecule has 16 heavy (non-hydrogen) atoms. The molecular weight excluding hydrogens is 204 g/mol. The van der Waals surface area contributed by atoms with Crippen LogP contribution in [0, 0.1) is 13.8 Å². The van der Waals surface area contributed by atoms with Gasteiger partial charge in [0.25, 0.3) is 0 Å². The van der Waals surface area contributed by atoms with Crippen LogP contribution in [-0.4, -0.2) is 19.7 Å². The Hall–Kier alpha value is -1.71. The van der Waals surface area contributed by atoms with Gasteiger partial charge < -0.3 is 15.4 Å². The molecule has 4 nitrogen and oxygen atoms in total. The lowest BCUT2D eigenvalue weighted by molar-refractivity contribution is 0.247. The van der Waals surface area contributed by atoms with E-state index in [-0.39, 0.29) is 12.1 Å². The Bertz CT molecular complexity index is 406. The highest BCUT2D eigenvalue weighted by atomic mass is 16.5. The molecule has 2 N–H and O–H groups in total. The number of rotatable bonds is 2. The van der Waals surface area contributed by atoms with Crippen LogP contribution in [0.15, 0.2) is 12.1 Å². The standard InChI is InChI=1S/C12H16N2O2/c1-7-4-9(5-8(2)11(7)16-3)10-6-13-12(15)14-10/h4-5,10H,6H2,1-3H3,(H2,13,14,15). The fourth-order valence-corrected chi connectivity index (χ4v) is 2.16. The highest BCUT2D eigenvalue weighted by Crippen LogP contribution is 2.27. The number of ether oxygens (including phenoxy) is 1. The topological polar surface area (TPSA) is 50.4 Å². The highest BCUT2D eigenvalue weighted by molar-refractivity contribution is 5.77. The number of carbonyl (C=O) groups is 1. The summed E-state index contributed by atoms with van der Waals surface area (Å²) in [6.45, 7) is 4.67. The summed E-state index contributed by atoms with van der Waals surface area (Å²) in [5, 5.41) is 5.63.